The van der Waals surface area contributed by atoms with Gasteiger partial charge in [-0.25, -0.2) is 9.78 Å². The summed E-state index contributed by atoms with van der Waals surface area (Å²) in [5, 5.41) is 10.5. The van der Waals surface area contributed by atoms with Crippen molar-refractivity contribution in [3.63, 3.8) is 0 Å². The van der Waals surface area contributed by atoms with Gasteiger partial charge in [0.25, 0.3) is 0 Å². The van der Waals surface area contributed by atoms with Crippen molar-refractivity contribution < 1.29 is 9.53 Å². The third-order valence-corrected chi connectivity index (χ3v) is 2.58. The van der Waals surface area contributed by atoms with Crippen molar-refractivity contribution >= 4 is 11.9 Å². The number of ether oxygens (including phenoxy) is 1. The second-order valence-corrected chi connectivity index (χ2v) is 5.62. The number of aromatic nitrogens is 3. The molecule has 2 heterocycles. The van der Waals surface area contributed by atoms with E-state index in [1.807, 2.05) is 19.1 Å². The zero-order valence-corrected chi connectivity index (χ0v) is 12.5. The zero-order valence-electron chi connectivity index (χ0n) is 12.5. The highest BCUT2D eigenvalue weighted by atomic mass is 16.6. The number of anilines is 1. The van der Waals surface area contributed by atoms with E-state index in [2.05, 4.69) is 20.5 Å². The lowest BCUT2D eigenvalue weighted by molar-refractivity contribution is 0.0635. The number of hydrogen-bond donors (Lipinski definition) is 1. The second kappa shape index (κ2) is 5.87. The predicted octanol–water partition coefficient (Wildman–Crippen LogP) is 3.19. The van der Waals surface area contributed by atoms with Crippen LogP contribution in [0.25, 0.3) is 11.3 Å². The van der Waals surface area contributed by atoms with Gasteiger partial charge in [-0.3, -0.25) is 5.32 Å². The molecule has 0 bridgehead atoms. The van der Waals surface area contributed by atoms with Crippen LogP contribution in [0.4, 0.5) is 10.6 Å². The summed E-state index contributed by atoms with van der Waals surface area (Å²) >= 11 is 0. The largest absolute Gasteiger partial charge is 0.444 e. The van der Waals surface area contributed by atoms with Crippen molar-refractivity contribution in [2.24, 2.45) is 0 Å². The number of pyridine rings is 1. The molecule has 0 fully saturated rings. The van der Waals surface area contributed by atoms with Crippen LogP contribution in [0.3, 0.4) is 0 Å². The van der Waals surface area contributed by atoms with E-state index < -0.39 is 11.7 Å². The van der Waals surface area contributed by atoms with Crippen LogP contribution < -0.4 is 5.32 Å². The number of carbonyl (C=O) groups excluding carboxylic acids is 1. The van der Waals surface area contributed by atoms with E-state index in [1.54, 1.807) is 39.2 Å². The van der Waals surface area contributed by atoms with Gasteiger partial charge in [0.2, 0.25) is 0 Å². The number of nitrogens with zero attached hydrogens (tertiary/aromatic N) is 3. The Morgan fingerprint density at radius 2 is 2.10 bits per heavy atom. The first-order valence-corrected chi connectivity index (χ1v) is 6.60. The van der Waals surface area contributed by atoms with Gasteiger partial charge < -0.3 is 4.74 Å². The molecule has 0 atom stereocenters. The molecular formula is C15H18N4O2. The molecule has 110 valence electrons. The Bertz CT molecular complexity index is 636. The molecular weight excluding hydrogens is 268 g/mol. The lowest BCUT2D eigenvalue weighted by Gasteiger charge is -2.19. The summed E-state index contributed by atoms with van der Waals surface area (Å²) in [5.41, 5.74) is 1.99. The number of amides is 1. The number of rotatable bonds is 2. The fourth-order valence-corrected chi connectivity index (χ4v) is 1.72. The van der Waals surface area contributed by atoms with Gasteiger partial charge >= 0.3 is 6.09 Å². The van der Waals surface area contributed by atoms with E-state index in [4.69, 9.17) is 4.74 Å². The summed E-state index contributed by atoms with van der Waals surface area (Å²) in [6.45, 7) is 7.34. The molecule has 2 aromatic heterocycles. The summed E-state index contributed by atoms with van der Waals surface area (Å²) in [7, 11) is 0. The Labute approximate surface area is 123 Å². The first kappa shape index (κ1) is 14.9. The monoisotopic (exact) mass is 286 g/mol. The van der Waals surface area contributed by atoms with Crippen LogP contribution in [0.5, 0.6) is 0 Å². The standard InChI is InChI=1S/C15H18N4O2/c1-10-9-16-13(18-14(20)21-15(2,3)4)8-11(10)12-6-5-7-17-19-12/h5-9H,1-4H3,(H,16,18,20). The first-order valence-electron chi connectivity index (χ1n) is 6.60. The quantitative estimate of drug-likeness (QED) is 0.917. The van der Waals surface area contributed by atoms with E-state index in [1.165, 1.54) is 0 Å². The molecule has 0 saturated carbocycles. The summed E-state index contributed by atoms with van der Waals surface area (Å²) in [5.74, 6) is 0.413. The van der Waals surface area contributed by atoms with E-state index in [0.29, 0.717) is 5.82 Å². The van der Waals surface area contributed by atoms with Gasteiger partial charge in [0, 0.05) is 18.0 Å². The lowest BCUT2D eigenvalue weighted by atomic mass is 10.1. The predicted molar refractivity (Wildman–Crippen MR) is 79.9 cm³/mol. The normalized spacial score (nSPS) is 11.0. The molecule has 6 heteroatoms. The molecule has 0 aliphatic rings. The molecule has 2 aromatic rings. The third kappa shape index (κ3) is 4.24. The Kier molecular flexibility index (Phi) is 4.16. The lowest BCUT2D eigenvalue weighted by Crippen LogP contribution is -2.27. The smallest absolute Gasteiger partial charge is 0.413 e. The van der Waals surface area contributed by atoms with Crippen LogP contribution >= 0.6 is 0 Å². The number of hydrogen-bond acceptors (Lipinski definition) is 5. The van der Waals surface area contributed by atoms with Crippen LogP contribution in [0, 0.1) is 6.92 Å². The van der Waals surface area contributed by atoms with Crippen molar-refractivity contribution in [2.75, 3.05) is 5.32 Å². The second-order valence-electron chi connectivity index (χ2n) is 5.62. The van der Waals surface area contributed by atoms with Gasteiger partial charge in [-0.1, -0.05) is 0 Å². The summed E-state index contributed by atoms with van der Waals surface area (Å²) in [4.78, 5) is 15.9. The zero-order chi connectivity index (χ0) is 15.5. The van der Waals surface area contributed by atoms with E-state index in [0.717, 1.165) is 16.8 Å². The average Bonchev–Trinajstić information content (AvgIpc) is 2.40. The molecule has 6 nitrogen and oxygen atoms in total. The minimum Gasteiger partial charge on any atom is -0.444 e. The molecule has 0 saturated heterocycles. The molecule has 1 amide bonds. The van der Waals surface area contributed by atoms with Crippen molar-refractivity contribution in [3.05, 3.63) is 36.2 Å². The Morgan fingerprint density at radius 3 is 2.71 bits per heavy atom. The van der Waals surface area contributed by atoms with Crippen molar-refractivity contribution in [1.82, 2.24) is 15.2 Å². The molecule has 0 radical (unpaired) electrons. The van der Waals surface area contributed by atoms with Gasteiger partial charge in [-0.2, -0.15) is 10.2 Å². The van der Waals surface area contributed by atoms with Crippen LogP contribution in [0.2, 0.25) is 0 Å². The topological polar surface area (TPSA) is 77.0 Å². The van der Waals surface area contributed by atoms with Gasteiger partial charge in [0.1, 0.15) is 11.4 Å². The molecule has 1 N–H and O–H groups in total. The number of nitrogens with one attached hydrogen (secondary N) is 1. The SMILES string of the molecule is Cc1cnc(NC(=O)OC(C)(C)C)cc1-c1cccnn1. The minimum atomic E-state index is -0.553. The van der Waals surface area contributed by atoms with Crippen molar-refractivity contribution in [1.29, 1.82) is 0 Å². The number of aryl methyl sites for hydroxylation is 1. The first-order chi connectivity index (χ1) is 9.85. The average molecular weight is 286 g/mol. The van der Waals surface area contributed by atoms with Crippen LogP contribution in [0.1, 0.15) is 26.3 Å². The summed E-state index contributed by atoms with van der Waals surface area (Å²) in [6.07, 6.45) is 2.75. The maximum atomic E-state index is 11.8. The molecule has 0 aliphatic heterocycles. The van der Waals surface area contributed by atoms with Crippen molar-refractivity contribution in [3.8, 4) is 11.3 Å². The molecule has 21 heavy (non-hydrogen) atoms. The van der Waals surface area contributed by atoms with E-state index >= 15 is 0 Å². The summed E-state index contributed by atoms with van der Waals surface area (Å²) in [6, 6.07) is 5.42. The molecule has 0 aromatic carbocycles. The molecule has 0 spiro atoms. The van der Waals surface area contributed by atoms with E-state index in [-0.39, 0.29) is 0 Å². The van der Waals surface area contributed by atoms with Gasteiger partial charge in [-0.15, -0.1) is 0 Å². The molecule has 2 rings (SSSR count). The van der Waals surface area contributed by atoms with Gasteiger partial charge in [0.15, 0.2) is 0 Å². The maximum absolute atomic E-state index is 11.8. The summed E-state index contributed by atoms with van der Waals surface area (Å²) < 4.78 is 5.20. The Balaban J connectivity index is 2.22. The fourth-order valence-electron chi connectivity index (χ4n) is 1.72. The Morgan fingerprint density at radius 1 is 1.33 bits per heavy atom. The molecule has 0 aliphatic carbocycles. The highest BCUT2D eigenvalue weighted by molar-refractivity contribution is 5.84. The molecule has 0 unspecified atom stereocenters. The number of carbonyl (C=O) groups is 1. The van der Waals surface area contributed by atoms with E-state index in [9.17, 15) is 4.79 Å². The van der Waals surface area contributed by atoms with Gasteiger partial charge in [0.05, 0.1) is 5.69 Å². The minimum absolute atomic E-state index is 0.413. The van der Waals surface area contributed by atoms with Crippen LogP contribution in [-0.2, 0) is 4.74 Å². The van der Waals surface area contributed by atoms with Gasteiger partial charge in [-0.05, 0) is 51.5 Å². The van der Waals surface area contributed by atoms with Crippen LogP contribution in [-0.4, -0.2) is 26.9 Å². The maximum Gasteiger partial charge on any atom is 0.413 e. The van der Waals surface area contributed by atoms with Crippen molar-refractivity contribution in [2.45, 2.75) is 33.3 Å². The highest BCUT2D eigenvalue weighted by Crippen LogP contribution is 2.23. The fraction of sp³-hybridized carbons (Fsp3) is 0.333. The Hall–Kier alpha value is -2.50. The highest BCUT2D eigenvalue weighted by Gasteiger charge is 2.17. The third-order valence-electron chi connectivity index (χ3n) is 2.58. The van der Waals surface area contributed by atoms with Crippen LogP contribution in [0.15, 0.2) is 30.6 Å².